The minimum absolute atomic E-state index is 0.153. The molecule has 4 aromatic carbocycles. The second-order valence-corrected chi connectivity index (χ2v) is 8.25. The Hall–Kier alpha value is -3.79. The smallest absolute Gasteiger partial charge is 0.255 e. The number of hydrogen-bond donors (Lipinski definition) is 1. The third-order valence-electron chi connectivity index (χ3n) is 5.67. The zero-order valence-electron chi connectivity index (χ0n) is 19.6. The van der Waals surface area contributed by atoms with Gasteiger partial charge in [0.05, 0.1) is 6.61 Å². The summed E-state index contributed by atoms with van der Waals surface area (Å²) in [6.45, 7) is 8.86. The summed E-state index contributed by atoms with van der Waals surface area (Å²) < 4.78 is 12.0. The SMILES string of the molecule is CCOc1ccc(C(=O)Nc2c(C)cc(C)cc2C)cc1COc1cccc2ccccc12. The van der Waals surface area contributed by atoms with Crippen LogP contribution in [0.3, 0.4) is 0 Å². The van der Waals surface area contributed by atoms with E-state index >= 15 is 0 Å². The molecule has 0 aliphatic rings. The second-order valence-electron chi connectivity index (χ2n) is 8.25. The van der Waals surface area contributed by atoms with Crippen LogP contribution in [0, 0.1) is 20.8 Å². The lowest BCUT2D eigenvalue weighted by atomic mass is 10.0. The van der Waals surface area contributed by atoms with Gasteiger partial charge in [0.2, 0.25) is 0 Å². The van der Waals surface area contributed by atoms with E-state index < -0.39 is 0 Å². The van der Waals surface area contributed by atoms with E-state index in [1.54, 1.807) is 6.07 Å². The van der Waals surface area contributed by atoms with E-state index in [4.69, 9.17) is 9.47 Å². The number of carbonyl (C=O) groups excluding carboxylic acids is 1. The van der Waals surface area contributed by atoms with Gasteiger partial charge in [0.15, 0.2) is 0 Å². The molecule has 0 saturated carbocycles. The van der Waals surface area contributed by atoms with Crippen LogP contribution in [0.2, 0.25) is 0 Å². The summed E-state index contributed by atoms with van der Waals surface area (Å²) in [6.07, 6.45) is 0. The molecule has 4 rings (SSSR count). The Balaban J connectivity index is 1.59. The fourth-order valence-corrected chi connectivity index (χ4v) is 4.17. The predicted molar refractivity (Wildman–Crippen MR) is 134 cm³/mol. The van der Waals surface area contributed by atoms with E-state index in [2.05, 4.69) is 36.5 Å². The van der Waals surface area contributed by atoms with Crippen molar-refractivity contribution in [2.45, 2.75) is 34.3 Å². The van der Waals surface area contributed by atoms with Crippen LogP contribution >= 0.6 is 0 Å². The fraction of sp³-hybridized carbons (Fsp3) is 0.207. The molecule has 168 valence electrons. The molecule has 4 aromatic rings. The summed E-state index contributed by atoms with van der Waals surface area (Å²) in [5.41, 5.74) is 5.52. The number of aryl methyl sites for hydroxylation is 3. The van der Waals surface area contributed by atoms with Crippen molar-refractivity contribution in [3.8, 4) is 11.5 Å². The molecule has 4 heteroatoms. The number of hydrogen-bond acceptors (Lipinski definition) is 3. The molecule has 0 saturated heterocycles. The lowest BCUT2D eigenvalue weighted by molar-refractivity contribution is 0.102. The first kappa shape index (κ1) is 22.4. The molecule has 0 unspecified atom stereocenters. The van der Waals surface area contributed by atoms with Crippen LogP contribution in [-0.2, 0) is 6.61 Å². The number of amides is 1. The molecular weight excluding hydrogens is 410 g/mol. The summed E-state index contributed by atoms with van der Waals surface area (Å²) in [6, 6.07) is 23.8. The average molecular weight is 440 g/mol. The first-order valence-corrected chi connectivity index (χ1v) is 11.2. The predicted octanol–water partition coefficient (Wildman–Crippen LogP) is 7.00. The molecule has 0 bridgehead atoms. The van der Waals surface area contributed by atoms with E-state index in [1.165, 1.54) is 5.56 Å². The number of anilines is 1. The fourth-order valence-electron chi connectivity index (χ4n) is 4.17. The van der Waals surface area contributed by atoms with Crippen LogP contribution in [0.1, 0.15) is 39.5 Å². The van der Waals surface area contributed by atoms with Crippen molar-refractivity contribution in [3.63, 3.8) is 0 Å². The van der Waals surface area contributed by atoms with Crippen molar-refractivity contribution in [1.82, 2.24) is 0 Å². The largest absolute Gasteiger partial charge is 0.493 e. The summed E-state index contributed by atoms with van der Waals surface area (Å²) in [4.78, 5) is 13.1. The lowest BCUT2D eigenvalue weighted by Crippen LogP contribution is -2.15. The highest BCUT2D eigenvalue weighted by atomic mass is 16.5. The zero-order valence-corrected chi connectivity index (χ0v) is 19.6. The van der Waals surface area contributed by atoms with Crippen LogP contribution in [0.15, 0.2) is 72.8 Å². The van der Waals surface area contributed by atoms with Crippen molar-refractivity contribution < 1.29 is 14.3 Å². The standard InChI is InChI=1S/C29H29NO3/c1-5-32-26-14-13-23(29(31)30-28-20(3)15-19(2)16-21(28)4)17-24(26)18-33-27-12-8-10-22-9-6-7-11-25(22)27/h6-17H,5,18H2,1-4H3,(H,30,31). The number of ether oxygens (including phenoxy) is 2. The molecular formula is C29H29NO3. The topological polar surface area (TPSA) is 47.6 Å². The van der Waals surface area contributed by atoms with E-state index in [-0.39, 0.29) is 5.91 Å². The third-order valence-corrected chi connectivity index (χ3v) is 5.67. The number of benzene rings is 4. The Morgan fingerprint density at radius 1 is 0.818 bits per heavy atom. The van der Waals surface area contributed by atoms with Crippen molar-refractivity contribution in [2.24, 2.45) is 0 Å². The quantitative estimate of drug-likeness (QED) is 0.337. The normalized spacial score (nSPS) is 10.8. The van der Waals surface area contributed by atoms with Crippen molar-refractivity contribution in [1.29, 1.82) is 0 Å². The van der Waals surface area contributed by atoms with E-state index in [9.17, 15) is 4.79 Å². The van der Waals surface area contributed by atoms with E-state index in [1.807, 2.05) is 63.2 Å². The molecule has 0 spiro atoms. The minimum atomic E-state index is -0.153. The van der Waals surface area contributed by atoms with Gasteiger partial charge in [-0.05, 0) is 68.5 Å². The maximum atomic E-state index is 13.1. The molecule has 0 aromatic heterocycles. The Labute approximate surface area is 195 Å². The average Bonchev–Trinajstić information content (AvgIpc) is 2.80. The Kier molecular flexibility index (Phi) is 6.64. The van der Waals surface area contributed by atoms with Crippen LogP contribution in [0.4, 0.5) is 5.69 Å². The van der Waals surface area contributed by atoms with Gasteiger partial charge in [-0.25, -0.2) is 0 Å². The number of fused-ring (bicyclic) bond motifs is 1. The monoisotopic (exact) mass is 439 g/mol. The third kappa shape index (κ3) is 5.01. The highest BCUT2D eigenvalue weighted by Crippen LogP contribution is 2.29. The molecule has 0 radical (unpaired) electrons. The van der Waals surface area contributed by atoms with Crippen molar-refractivity contribution in [2.75, 3.05) is 11.9 Å². The molecule has 1 N–H and O–H groups in total. The molecule has 0 fully saturated rings. The Morgan fingerprint density at radius 3 is 2.30 bits per heavy atom. The molecule has 0 heterocycles. The Morgan fingerprint density at radius 2 is 1.55 bits per heavy atom. The summed E-state index contributed by atoms with van der Waals surface area (Å²) >= 11 is 0. The van der Waals surface area contributed by atoms with Gasteiger partial charge in [-0.2, -0.15) is 0 Å². The maximum absolute atomic E-state index is 13.1. The first-order chi connectivity index (χ1) is 16.0. The van der Waals surface area contributed by atoms with Gasteiger partial charge < -0.3 is 14.8 Å². The number of carbonyl (C=O) groups is 1. The number of rotatable bonds is 7. The van der Waals surface area contributed by atoms with E-state index in [0.29, 0.717) is 18.8 Å². The molecule has 0 aliphatic carbocycles. The van der Waals surface area contributed by atoms with Gasteiger partial charge in [0, 0.05) is 22.2 Å². The van der Waals surface area contributed by atoms with Gasteiger partial charge in [-0.1, -0.05) is 54.1 Å². The van der Waals surface area contributed by atoms with Gasteiger partial charge in [0.25, 0.3) is 5.91 Å². The highest BCUT2D eigenvalue weighted by Gasteiger charge is 2.14. The van der Waals surface area contributed by atoms with Crippen LogP contribution in [0.25, 0.3) is 10.8 Å². The highest BCUT2D eigenvalue weighted by molar-refractivity contribution is 6.05. The van der Waals surface area contributed by atoms with Crippen LogP contribution in [0.5, 0.6) is 11.5 Å². The molecule has 1 amide bonds. The maximum Gasteiger partial charge on any atom is 0.255 e. The zero-order chi connectivity index (χ0) is 23.4. The molecule has 4 nitrogen and oxygen atoms in total. The summed E-state index contributed by atoms with van der Waals surface area (Å²) in [7, 11) is 0. The van der Waals surface area contributed by atoms with Crippen molar-refractivity contribution >= 4 is 22.4 Å². The van der Waals surface area contributed by atoms with Gasteiger partial charge in [-0.15, -0.1) is 0 Å². The first-order valence-electron chi connectivity index (χ1n) is 11.2. The lowest BCUT2D eigenvalue weighted by Gasteiger charge is -2.16. The van der Waals surface area contributed by atoms with Gasteiger partial charge >= 0.3 is 0 Å². The van der Waals surface area contributed by atoms with E-state index in [0.717, 1.165) is 44.6 Å². The summed E-state index contributed by atoms with van der Waals surface area (Å²) in [5, 5.41) is 5.25. The van der Waals surface area contributed by atoms with Gasteiger partial charge in [-0.3, -0.25) is 4.79 Å². The number of nitrogens with one attached hydrogen (secondary N) is 1. The molecule has 0 aliphatic heterocycles. The summed E-state index contributed by atoms with van der Waals surface area (Å²) in [5.74, 6) is 1.37. The minimum Gasteiger partial charge on any atom is -0.493 e. The van der Waals surface area contributed by atoms with Crippen LogP contribution in [-0.4, -0.2) is 12.5 Å². The van der Waals surface area contributed by atoms with Crippen molar-refractivity contribution in [3.05, 3.63) is 101 Å². The Bertz CT molecular complexity index is 1280. The second kappa shape index (κ2) is 9.78. The van der Waals surface area contributed by atoms with Gasteiger partial charge in [0.1, 0.15) is 18.1 Å². The molecule has 0 atom stereocenters. The molecule has 33 heavy (non-hydrogen) atoms. The van der Waals surface area contributed by atoms with Crippen LogP contribution < -0.4 is 14.8 Å².